The van der Waals surface area contributed by atoms with Gasteiger partial charge in [0.1, 0.15) is 0 Å². The standard InChI is InChI=1S/C17H19N3O2/c1-12-4-5-14(10-13(12)2)16-11-15(6-7-18)17(21)20(19-16)8-9-22-3/h4-5,10-11H,6,8-9H2,1-3H3. The van der Waals surface area contributed by atoms with Gasteiger partial charge in [0, 0.05) is 18.2 Å². The molecule has 0 aliphatic rings. The fraction of sp³-hybridized carbons (Fsp3) is 0.353. The molecule has 0 aliphatic carbocycles. The Balaban J connectivity index is 2.55. The molecule has 0 saturated carbocycles. The molecule has 0 N–H and O–H groups in total. The number of hydrogen-bond acceptors (Lipinski definition) is 4. The van der Waals surface area contributed by atoms with Gasteiger partial charge < -0.3 is 4.74 Å². The highest BCUT2D eigenvalue weighted by molar-refractivity contribution is 5.61. The summed E-state index contributed by atoms with van der Waals surface area (Å²) < 4.78 is 6.39. The highest BCUT2D eigenvalue weighted by atomic mass is 16.5. The summed E-state index contributed by atoms with van der Waals surface area (Å²) in [4.78, 5) is 12.3. The van der Waals surface area contributed by atoms with E-state index >= 15 is 0 Å². The number of nitrogens with zero attached hydrogens (tertiary/aromatic N) is 3. The van der Waals surface area contributed by atoms with Crippen molar-refractivity contribution in [2.24, 2.45) is 0 Å². The summed E-state index contributed by atoms with van der Waals surface area (Å²) in [5.41, 5.74) is 4.23. The van der Waals surface area contributed by atoms with E-state index in [0.717, 1.165) is 11.1 Å². The lowest BCUT2D eigenvalue weighted by Gasteiger charge is -2.10. The highest BCUT2D eigenvalue weighted by Gasteiger charge is 2.10. The summed E-state index contributed by atoms with van der Waals surface area (Å²) in [6.45, 7) is 4.85. The fourth-order valence-corrected chi connectivity index (χ4v) is 2.18. The number of ether oxygens (including phenoxy) is 1. The zero-order valence-corrected chi connectivity index (χ0v) is 13.1. The smallest absolute Gasteiger partial charge is 0.271 e. The second kappa shape index (κ2) is 7.01. The molecule has 1 heterocycles. The van der Waals surface area contributed by atoms with E-state index in [0.29, 0.717) is 24.4 Å². The monoisotopic (exact) mass is 297 g/mol. The van der Waals surface area contributed by atoms with Crippen LogP contribution in [0.4, 0.5) is 0 Å². The third-order valence-corrected chi connectivity index (χ3v) is 3.63. The SMILES string of the molecule is COCCn1nc(-c2ccc(C)c(C)c2)cc(CC#N)c1=O. The summed E-state index contributed by atoms with van der Waals surface area (Å²) in [7, 11) is 1.58. The van der Waals surface area contributed by atoms with Gasteiger partial charge in [0.2, 0.25) is 0 Å². The molecule has 0 unspecified atom stereocenters. The molecule has 5 nitrogen and oxygen atoms in total. The molecular formula is C17H19N3O2. The van der Waals surface area contributed by atoms with Gasteiger partial charge in [0.05, 0.1) is 31.3 Å². The van der Waals surface area contributed by atoms with Crippen LogP contribution in [0.25, 0.3) is 11.3 Å². The Hall–Kier alpha value is -2.45. The van der Waals surface area contributed by atoms with Gasteiger partial charge in [-0.25, -0.2) is 4.68 Å². The lowest BCUT2D eigenvalue weighted by molar-refractivity contribution is 0.182. The van der Waals surface area contributed by atoms with Crippen molar-refractivity contribution < 1.29 is 4.74 Å². The third kappa shape index (κ3) is 3.41. The van der Waals surface area contributed by atoms with Crippen molar-refractivity contribution in [3.8, 4) is 17.3 Å². The van der Waals surface area contributed by atoms with Crippen LogP contribution in [0.2, 0.25) is 0 Å². The second-order valence-electron chi connectivity index (χ2n) is 5.21. The van der Waals surface area contributed by atoms with E-state index in [9.17, 15) is 4.79 Å². The summed E-state index contributed by atoms with van der Waals surface area (Å²) >= 11 is 0. The van der Waals surface area contributed by atoms with E-state index in [2.05, 4.69) is 5.10 Å². The molecule has 1 aromatic carbocycles. The molecule has 22 heavy (non-hydrogen) atoms. The van der Waals surface area contributed by atoms with Gasteiger partial charge in [0.15, 0.2) is 0 Å². The lowest BCUT2D eigenvalue weighted by atomic mass is 10.0. The predicted octanol–water partition coefficient (Wildman–Crippen LogP) is 2.24. The Morgan fingerprint density at radius 3 is 2.68 bits per heavy atom. The minimum Gasteiger partial charge on any atom is -0.383 e. The van der Waals surface area contributed by atoms with Gasteiger partial charge in [-0.2, -0.15) is 10.4 Å². The number of aryl methyl sites for hydroxylation is 2. The molecule has 5 heteroatoms. The van der Waals surface area contributed by atoms with E-state index in [1.807, 2.05) is 38.1 Å². The molecule has 0 saturated heterocycles. The molecule has 2 rings (SSSR count). The molecule has 0 bridgehead atoms. The molecule has 1 aromatic heterocycles. The van der Waals surface area contributed by atoms with Gasteiger partial charge in [-0.1, -0.05) is 12.1 Å². The summed E-state index contributed by atoms with van der Waals surface area (Å²) in [5, 5.41) is 13.3. The zero-order chi connectivity index (χ0) is 16.1. The third-order valence-electron chi connectivity index (χ3n) is 3.63. The van der Waals surface area contributed by atoms with Gasteiger partial charge in [-0.3, -0.25) is 4.79 Å². The van der Waals surface area contributed by atoms with E-state index in [1.165, 1.54) is 10.2 Å². The van der Waals surface area contributed by atoms with Crippen molar-refractivity contribution in [1.82, 2.24) is 9.78 Å². The Labute approximate surface area is 129 Å². The van der Waals surface area contributed by atoms with Crippen molar-refractivity contribution in [3.05, 3.63) is 51.3 Å². The summed E-state index contributed by atoms with van der Waals surface area (Å²) in [5.74, 6) is 0. The Bertz CT molecular complexity index is 772. The van der Waals surface area contributed by atoms with Crippen molar-refractivity contribution in [2.75, 3.05) is 13.7 Å². The van der Waals surface area contributed by atoms with Crippen LogP contribution in [-0.4, -0.2) is 23.5 Å². The van der Waals surface area contributed by atoms with Gasteiger partial charge in [0.25, 0.3) is 5.56 Å². The Morgan fingerprint density at radius 2 is 2.05 bits per heavy atom. The lowest BCUT2D eigenvalue weighted by Crippen LogP contribution is -2.28. The van der Waals surface area contributed by atoms with E-state index in [-0.39, 0.29) is 12.0 Å². The van der Waals surface area contributed by atoms with Crippen molar-refractivity contribution in [3.63, 3.8) is 0 Å². The maximum atomic E-state index is 12.3. The number of nitriles is 1. The molecule has 0 aliphatic heterocycles. The Kier molecular flexibility index (Phi) is 5.08. The first-order valence-corrected chi connectivity index (χ1v) is 7.11. The normalized spacial score (nSPS) is 10.5. The number of methoxy groups -OCH3 is 1. The fourth-order valence-electron chi connectivity index (χ4n) is 2.18. The van der Waals surface area contributed by atoms with E-state index in [4.69, 9.17) is 10.00 Å². The molecule has 2 aromatic rings. The Morgan fingerprint density at radius 1 is 1.27 bits per heavy atom. The predicted molar refractivity (Wildman–Crippen MR) is 84.6 cm³/mol. The molecule has 0 fully saturated rings. The minimum atomic E-state index is -0.230. The van der Waals surface area contributed by atoms with Crippen LogP contribution in [0.3, 0.4) is 0 Å². The maximum absolute atomic E-state index is 12.3. The number of benzene rings is 1. The van der Waals surface area contributed by atoms with Crippen LogP contribution in [0.5, 0.6) is 0 Å². The first-order valence-electron chi connectivity index (χ1n) is 7.11. The minimum absolute atomic E-state index is 0.0756. The van der Waals surface area contributed by atoms with Crippen LogP contribution in [0.1, 0.15) is 16.7 Å². The van der Waals surface area contributed by atoms with Gasteiger partial charge in [-0.15, -0.1) is 0 Å². The second-order valence-corrected chi connectivity index (χ2v) is 5.21. The molecule has 0 spiro atoms. The van der Waals surface area contributed by atoms with Crippen molar-refractivity contribution >= 4 is 0 Å². The van der Waals surface area contributed by atoms with Crippen molar-refractivity contribution in [1.29, 1.82) is 5.26 Å². The quantitative estimate of drug-likeness (QED) is 0.848. The number of hydrogen-bond donors (Lipinski definition) is 0. The zero-order valence-electron chi connectivity index (χ0n) is 13.1. The van der Waals surface area contributed by atoms with Gasteiger partial charge >= 0.3 is 0 Å². The highest BCUT2D eigenvalue weighted by Crippen LogP contribution is 2.20. The molecule has 0 radical (unpaired) electrons. The van der Waals surface area contributed by atoms with Crippen LogP contribution in [0, 0.1) is 25.2 Å². The molecule has 0 atom stereocenters. The van der Waals surface area contributed by atoms with E-state index < -0.39 is 0 Å². The number of aromatic nitrogens is 2. The topological polar surface area (TPSA) is 67.9 Å². The maximum Gasteiger partial charge on any atom is 0.271 e. The van der Waals surface area contributed by atoms with Crippen molar-refractivity contribution in [2.45, 2.75) is 26.8 Å². The summed E-state index contributed by atoms with van der Waals surface area (Å²) in [6, 6.07) is 9.79. The summed E-state index contributed by atoms with van der Waals surface area (Å²) in [6.07, 6.45) is 0.0756. The van der Waals surface area contributed by atoms with Crippen LogP contribution < -0.4 is 5.56 Å². The first-order chi connectivity index (χ1) is 10.6. The first kappa shape index (κ1) is 15.9. The molecular weight excluding hydrogens is 278 g/mol. The average Bonchev–Trinajstić information content (AvgIpc) is 2.51. The van der Waals surface area contributed by atoms with Crippen LogP contribution in [0.15, 0.2) is 29.1 Å². The van der Waals surface area contributed by atoms with E-state index in [1.54, 1.807) is 13.2 Å². The van der Waals surface area contributed by atoms with Crippen LogP contribution >= 0.6 is 0 Å². The largest absolute Gasteiger partial charge is 0.383 e. The molecule has 0 amide bonds. The van der Waals surface area contributed by atoms with Gasteiger partial charge in [-0.05, 0) is 37.1 Å². The van der Waals surface area contributed by atoms with Crippen LogP contribution in [-0.2, 0) is 17.7 Å². The number of rotatable bonds is 5. The average molecular weight is 297 g/mol. The molecule has 114 valence electrons.